The van der Waals surface area contributed by atoms with E-state index in [2.05, 4.69) is 0 Å². The first-order chi connectivity index (χ1) is 6.67. The molecule has 1 aromatic rings. The second kappa shape index (κ2) is 4.93. The lowest BCUT2D eigenvalue weighted by molar-refractivity contribution is 0.357. The Morgan fingerprint density at radius 3 is 2.50 bits per heavy atom. The van der Waals surface area contributed by atoms with Crippen LogP contribution in [0.3, 0.4) is 0 Å². The summed E-state index contributed by atoms with van der Waals surface area (Å²) in [4.78, 5) is 0.185. The summed E-state index contributed by atoms with van der Waals surface area (Å²) < 4.78 is 27.6. The Bertz CT molecular complexity index is 393. The van der Waals surface area contributed by atoms with Crippen molar-refractivity contribution in [3.05, 3.63) is 42.5 Å². The van der Waals surface area contributed by atoms with Gasteiger partial charge < -0.3 is 0 Å². The Morgan fingerprint density at radius 1 is 1.29 bits per heavy atom. The minimum Gasteiger partial charge on any atom is -0.262 e. The van der Waals surface area contributed by atoms with E-state index in [0.717, 1.165) is 0 Å². The van der Waals surface area contributed by atoms with Gasteiger partial charge in [-0.3, -0.25) is 4.18 Å². The molecule has 0 saturated heterocycles. The van der Waals surface area contributed by atoms with E-state index in [1.54, 1.807) is 37.3 Å². The van der Waals surface area contributed by atoms with Crippen molar-refractivity contribution in [3.8, 4) is 0 Å². The van der Waals surface area contributed by atoms with Gasteiger partial charge in [-0.15, -0.1) is 0 Å². The summed E-state index contributed by atoms with van der Waals surface area (Å²) in [7, 11) is -3.58. The molecule has 76 valence electrons. The maximum Gasteiger partial charge on any atom is 0.297 e. The lowest BCUT2D eigenvalue weighted by Crippen LogP contribution is -2.05. The lowest BCUT2D eigenvalue weighted by atomic mass is 10.4. The van der Waals surface area contributed by atoms with Crippen molar-refractivity contribution in [2.75, 3.05) is 6.61 Å². The van der Waals surface area contributed by atoms with Crippen molar-refractivity contribution in [1.29, 1.82) is 0 Å². The Hall–Kier alpha value is -1.13. The second-order valence-corrected chi connectivity index (χ2v) is 4.24. The van der Waals surface area contributed by atoms with Crippen LogP contribution >= 0.6 is 0 Å². The van der Waals surface area contributed by atoms with Crippen molar-refractivity contribution < 1.29 is 12.6 Å². The molecule has 0 N–H and O–H groups in total. The molecule has 0 aliphatic heterocycles. The van der Waals surface area contributed by atoms with E-state index in [4.69, 9.17) is 4.18 Å². The lowest BCUT2D eigenvalue weighted by Gasteiger charge is -2.02. The third-order valence-corrected chi connectivity index (χ3v) is 2.88. The van der Waals surface area contributed by atoms with E-state index < -0.39 is 10.1 Å². The molecule has 0 bridgehead atoms. The molecule has 14 heavy (non-hydrogen) atoms. The van der Waals surface area contributed by atoms with Crippen LogP contribution in [0.5, 0.6) is 0 Å². The molecule has 0 spiro atoms. The Morgan fingerprint density at radius 2 is 1.93 bits per heavy atom. The Labute approximate surface area is 84.1 Å². The van der Waals surface area contributed by atoms with Gasteiger partial charge in [-0.05, 0) is 19.1 Å². The fraction of sp³-hybridized carbons (Fsp3) is 0.200. The summed E-state index contributed by atoms with van der Waals surface area (Å²) in [6, 6.07) is 8.08. The van der Waals surface area contributed by atoms with Crippen LogP contribution in [0.15, 0.2) is 47.4 Å². The summed E-state index contributed by atoms with van der Waals surface area (Å²) in [5, 5.41) is 0. The number of allylic oxidation sites excluding steroid dienone is 1. The molecule has 0 heterocycles. The summed E-state index contributed by atoms with van der Waals surface area (Å²) in [5.74, 6) is 0. The average Bonchev–Trinajstić information content (AvgIpc) is 2.19. The molecule has 1 rings (SSSR count). The van der Waals surface area contributed by atoms with Gasteiger partial charge in [0, 0.05) is 0 Å². The van der Waals surface area contributed by atoms with Gasteiger partial charge in [0.1, 0.15) is 0 Å². The van der Waals surface area contributed by atoms with Crippen LogP contribution in [0, 0.1) is 0 Å². The van der Waals surface area contributed by atoms with Crippen LogP contribution < -0.4 is 0 Å². The SMILES string of the molecule is CC=CCOS(=O)(=O)c1ccccc1. The van der Waals surface area contributed by atoms with Gasteiger partial charge in [-0.2, -0.15) is 8.42 Å². The quantitative estimate of drug-likeness (QED) is 0.566. The summed E-state index contributed by atoms with van der Waals surface area (Å²) in [6.07, 6.45) is 3.38. The van der Waals surface area contributed by atoms with Crippen molar-refractivity contribution in [2.45, 2.75) is 11.8 Å². The van der Waals surface area contributed by atoms with E-state index in [9.17, 15) is 8.42 Å². The Kier molecular flexibility index (Phi) is 3.85. The highest BCUT2D eigenvalue weighted by molar-refractivity contribution is 7.86. The molecule has 0 aromatic heterocycles. The third kappa shape index (κ3) is 2.97. The van der Waals surface area contributed by atoms with Gasteiger partial charge in [-0.25, -0.2) is 0 Å². The minimum absolute atomic E-state index is 0.0771. The molecule has 0 atom stereocenters. The molecular formula is C10H12O3S. The highest BCUT2D eigenvalue weighted by Gasteiger charge is 2.12. The molecule has 0 unspecified atom stereocenters. The van der Waals surface area contributed by atoms with E-state index in [0.29, 0.717) is 0 Å². The smallest absolute Gasteiger partial charge is 0.262 e. The predicted octanol–water partition coefficient (Wildman–Crippen LogP) is 1.97. The molecule has 0 amide bonds. The standard InChI is InChI=1S/C10H12O3S/c1-2-3-9-13-14(11,12)10-7-5-4-6-8-10/h2-8H,9H2,1H3. The van der Waals surface area contributed by atoms with Gasteiger partial charge in [0.2, 0.25) is 0 Å². The molecule has 0 radical (unpaired) electrons. The third-order valence-electron chi connectivity index (χ3n) is 1.59. The highest BCUT2D eigenvalue weighted by Crippen LogP contribution is 2.10. The van der Waals surface area contributed by atoms with Crippen LogP contribution in [0.25, 0.3) is 0 Å². The van der Waals surface area contributed by atoms with Crippen LogP contribution in [-0.2, 0) is 14.3 Å². The maximum atomic E-state index is 11.5. The fourth-order valence-electron chi connectivity index (χ4n) is 0.880. The van der Waals surface area contributed by atoms with Crippen LogP contribution in [0.2, 0.25) is 0 Å². The number of benzene rings is 1. The molecule has 0 saturated carbocycles. The maximum absolute atomic E-state index is 11.5. The molecule has 3 nitrogen and oxygen atoms in total. The highest BCUT2D eigenvalue weighted by atomic mass is 32.2. The average molecular weight is 212 g/mol. The zero-order valence-electron chi connectivity index (χ0n) is 7.88. The summed E-state index contributed by atoms with van der Waals surface area (Å²) in [5.41, 5.74) is 0. The molecule has 0 fully saturated rings. The van der Waals surface area contributed by atoms with Gasteiger partial charge in [0.15, 0.2) is 0 Å². The van der Waals surface area contributed by atoms with Crippen molar-refractivity contribution in [3.63, 3.8) is 0 Å². The van der Waals surface area contributed by atoms with Crippen LogP contribution in [-0.4, -0.2) is 15.0 Å². The molecule has 1 aromatic carbocycles. The molecular weight excluding hydrogens is 200 g/mol. The first-order valence-electron chi connectivity index (χ1n) is 4.22. The molecule has 0 aliphatic carbocycles. The number of hydrogen-bond donors (Lipinski definition) is 0. The summed E-state index contributed by atoms with van der Waals surface area (Å²) in [6.45, 7) is 1.88. The number of hydrogen-bond acceptors (Lipinski definition) is 3. The van der Waals surface area contributed by atoms with Crippen molar-refractivity contribution >= 4 is 10.1 Å². The van der Waals surface area contributed by atoms with E-state index in [1.165, 1.54) is 12.1 Å². The van der Waals surface area contributed by atoms with E-state index >= 15 is 0 Å². The van der Waals surface area contributed by atoms with E-state index in [-0.39, 0.29) is 11.5 Å². The first-order valence-corrected chi connectivity index (χ1v) is 5.63. The number of rotatable bonds is 4. The second-order valence-electron chi connectivity index (χ2n) is 2.62. The normalized spacial score (nSPS) is 12.1. The van der Waals surface area contributed by atoms with Crippen LogP contribution in [0.4, 0.5) is 0 Å². The van der Waals surface area contributed by atoms with Gasteiger partial charge >= 0.3 is 0 Å². The Balaban J connectivity index is 2.77. The molecule has 0 aliphatic rings. The minimum atomic E-state index is -3.58. The first kappa shape index (κ1) is 10.9. The summed E-state index contributed by atoms with van der Waals surface area (Å²) >= 11 is 0. The zero-order chi connectivity index (χ0) is 10.4. The molecule has 4 heteroatoms. The van der Waals surface area contributed by atoms with Gasteiger partial charge in [0.05, 0.1) is 11.5 Å². The monoisotopic (exact) mass is 212 g/mol. The van der Waals surface area contributed by atoms with E-state index in [1.807, 2.05) is 0 Å². The van der Waals surface area contributed by atoms with Crippen LogP contribution in [0.1, 0.15) is 6.92 Å². The van der Waals surface area contributed by atoms with Crippen molar-refractivity contribution in [2.24, 2.45) is 0 Å². The van der Waals surface area contributed by atoms with Gasteiger partial charge in [-0.1, -0.05) is 30.4 Å². The predicted molar refractivity (Wildman–Crippen MR) is 54.4 cm³/mol. The zero-order valence-corrected chi connectivity index (χ0v) is 8.70. The fourth-order valence-corrected chi connectivity index (χ4v) is 1.76. The van der Waals surface area contributed by atoms with Crippen molar-refractivity contribution in [1.82, 2.24) is 0 Å². The van der Waals surface area contributed by atoms with Gasteiger partial charge in [0.25, 0.3) is 10.1 Å². The topological polar surface area (TPSA) is 43.4 Å². The largest absolute Gasteiger partial charge is 0.297 e.